The number of rotatable bonds is 5. The topological polar surface area (TPSA) is 30.5 Å². The molecule has 0 fully saturated rings. The van der Waals surface area contributed by atoms with Crippen molar-refractivity contribution < 1.29 is 9.47 Å². The van der Waals surface area contributed by atoms with Crippen LogP contribution in [0.15, 0.2) is 42.5 Å². The van der Waals surface area contributed by atoms with Gasteiger partial charge in [0, 0.05) is 11.1 Å². The van der Waals surface area contributed by atoms with Crippen molar-refractivity contribution >= 4 is 11.6 Å². The number of methoxy groups -OCH3 is 2. The van der Waals surface area contributed by atoms with Crippen molar-refractivity contribution in [1.82, 2.24) is 5.32 Å². The average Bonchev–Trinajstić information content (AvgIpc) is 2.47. The van der Waals surface area contributed by atoms with E-state index in [0.29, 0.717) is 0 Å². The summed E-state index contributed by atoms with van der Waals surface area (Å²) in [6, 6.07) is 13.7. The van der Waals surface area contributed by atoms with Crippen LogP contribution in [0.5, 0.6) is 11.5 Å². The van der Waals surface area contributed by atoms with Crippen molar-refractivity contribution in [2.24, 2.45) is 0 Å². The van der Waals surface area contributed by atoms with E-state index in [4.69, 9.17) is 21.1 Å². The molecular weight excluding hydrogens is 274 g/mol. The first-order chi connectivity index (χ1) is 9.67. The van der Waals surface area contributed by atoms with Gasteiger partial charge in [-0.15, -0.1) is 0 Å². The molecule has 0 saturated heterocycles. The van der Waals surface area contributed by atoms with Gasteiger partial charge >= 0.3 is 0 Å². The molecule has 4 heteroatoms. The lowest BCUT2D eigenvalue weighted by Crippen LogP contribution is -2.17. The largest absolute Gasteiger partial charge is 0.497 e. The highest BCUT2D eigenvalue weighted by Gasteiger charge is 2.14. The van der Waals surface area contributed by atoms with Crippen molar-refractivity contribution in [1.29, 1.82) is 0 Å². The van der Waals surface area contributed by atoms with Crippen LogP contribution in [-0.2, 0) is 0 Å². The Bertz CT molecular complexity index is 564. The summed E-state index contributed by atoms with van der Waals surface area (Å²) in [6.45, 7) is 0. The molecule has 1 N–H and O–H groups in total. The van der Waals surface area contributed by atoms with Crippen molar-refractivity contribution in [3.05, 3.63) is 58.6 Å². The summed E-state index contributed by atoms with van der Waals surface area (Å²) in [5.41, 5.74) is 2.15. The molecule has 2 aromatic carbocycles. The molecule has 0 aliphatic rings. The molecule has 2 aromatic rings. The predicted octanol–water partition coefficient (Wildman–Crippen LogP) is 3.67. The van der Waals surface area contributed by atoms with Crippen LogP contribution in [-0.4, -0.2) is 21.3 Å². The number of hydrogen-bond acceptors (Lipinski definition) is 3. The van der Waals surface area contributed by atoms with Crippen molar-refractivity contribution in [3.8, 4) is 11.5 Å². The zero-order valence-electron chi connectivity index (χ0n) is 11.8. The minimum Gasteiger partial charge on any atom is -0.497 e. The van der Waals surface area contributed by atoms with Gasteiger partial charge in [0.2, 0.25) is 0 Å². The number of benzene rings is 2. The molecule has 0 bridgehead atoms. The molecule has 2 rings (SSSR count). The molecule has 106 valence electrons. The Labute approximate surface area is 124 Å². The van der Waals surface area contributed by atoms with Crippen LogP contribution in [0.2, 0.25) is 5.02 Å². The molecule has 0 heterocycles. The molecule has 0 saturated carbocycles. The Kier molecular flexibility index (Phi) is 4.88. The van der Waals surface area contributed by atoms with E-state index in [1.807, 2.05) is 49.5 Å². The molecule has 1 atom stereocenters. The maximum atomic E-state index is 6.07. The van der Waals surface area contributed by atoms with Gasteiger partial charge in [0.15, 0.2) is 0 Å². The van der Waals surface area contributed by atoms with Crippen molar-refractivity contribution in [2.45, 2.75) is 6.04 Å². The molecule has 0 aliphatic heterocycles. The lowest BCUT2D eigenvalue weighted by Gasteiger charge is -2.19. The first-order valence-corrected chi connectivity index (χ1v) is 6.71. The highest BCUT2D eigenvalue weighted by molar-refractivity contribution is 6.30. The van der Waals surface area contributed by atoms with E-state index in [0.717, 1.165) is 27.6 Å². The third-order valence-electron chi connectivity index (χ3n) is 3.18. The van der Waals surface area contributed by atoms with Crippen LogP contribution in [0.25, 0.3) is 0 Å². The van der Waals surface area contributed by atoms with Gasteiger partial charge in [-0.2, -0.15) is 0 Å². The van der Waals surface area contributed by atoms with Crippen LogP contribution in [0.4, 0.5) is 0 Å². The van der Waals surface area contributed by atoms with Gasteiger partial charge in [0.25, 0.3) is 0 Å². The second-order valence-corrected chi connectivity index (χ2v) is 4.86. The highest BCUT2D eigenvalue weighted by Crippen LogP contribution is 2.30. The number of ether oxygens (including phenoxy) is 2. The zero-order chi connectivity index (χ0) is 14.5. The van der Waals surface area contributed by atoms with Crippen LogP contribution in [0, 0.1) is 0 Å². The fourth-order valence-corrected chi connectivity index (χ4v) is 2.41. The molecular formula is C16H18ClNO2. The summed E-state index contributed by atoms with van der Waals surface area (Å²) in [6.07, 6.45) is 0. The molecule has 0 amide bonds. The first-order valence-electron chi connectivity index (χ1n) is 6.33. The fraction of sp³-hybridized carbons (Fsp3) is 0.250. The molecule has 0 spiro atoms. The van der Waals surface area contributed by atoms with Gasteiger partial charge in [-0.25, -0.2) is 0 Å². The summed E-state index contributed by atoms with van der Waals surface area (Å²) in [5.74, 6) is 1.53. The van der Waals surface area contributed by atoms with Gasteiger partial charge < -0.3 is 14.8 Å². The lowest BCUT2D eigenvalue weighted by atomic mass is 9.98. The van der Waals surface area contributed by atoms with Crippen LogP contribution in [0.3, 0.4) is 0 Å². The molecule has 0 radical (unpaired) electrons. The molecule has 0 aromatic heterocycles. The van der Waals surface area contributed by atoms with Gasteiger partial charge in [-0.1, -0.05) is 23.7 Å². The summed E-state index contributed by atoms with van der Waals surface area (Å²) in [4.78, 5) is 0. The van der Waals surface area contributed by atoms with Crippen LogP contribution in [0.1, 0.15) is 17.2 Å². The van der Waals surface area contributed by atoms with Crippen molar-refractivity contribution in [2.75, 3.05) is 21.3 Å². The molecule has 0 aliphatic carbocycles. The van der Waals surface area contributed by atoms with Crippen LogP contribution >= 0.6 is 11.6 Å². The number of hydrogen-bond donors (Lipinski definition) is 1. The van der Waals surface area contributed by atoms with E-state index in [1.165, 1.54) is 0 Å². The third-order valence-corrected chi connectivity index (χ3v) is 3.41. The Balaban J connectivity index is 2.45. The summed E-state index contributed by atoms with van der Waals surface area (Å²) in [5, 5.41) is 4.01. The van der Waals surface area contributed by atoms with Crippen LogP contribution < -0.4 is 14.8 Å². The normalized spacial score (nSPS) is 12.0. The number of nitrogens with one attached hydrogen (secondary N) is 1. The van der Waals surface area contributed by atoms with E-state index in [9.17, 15) is 0 Å². The molecule has 20 heavy (non-hydrogen) atoms. The monoisotopic (exact) mass is 291 g/mol. The summed E-state index contributed by atoms with van der Waals surface area (Å²) in [7, 11) is 5.20. The Hall–Kier alpha value is -1.71. The summed E-state index contributed by atoms with van der Waals surface area (Å²) >= 11 is 6.07. The van der Waals surface area contributed by atoms with E-state index < -0.39 is 0 Å². The average molecular weight is 292 g/mol. The quantitative estimate of drug-likeness (QED) is 0.912. The smallest absolute Gasteiger partial charge is 0.122 e. The fourth-order valence-electron chi connectivity index (χ4n) is 2.21. The maximum Gasteiger partial charge on any atom is 0.122 e. The Morgan fingerprint density at radius 3 is 2.10 bits per heavy atom. The maximum absolute atomic E-state index is 6.07. The highest BCUT2D eigenvalue weighted by atomic mass is 35.5. The van der Waals surface area contributed by atoms with Gasteiger partial charge in [-0.05, 0) is 42.4 Å². The standard InChI is InChI=1S/C16H18ClNO2/c1-18-16(11-5-4-6-13(17)7-11)12-8-14(19-2)10-15(9-12)20-3/h4-10,16,18H,1-3H3. The molecule has 3 nitrogen and oxygen atoms in total. The molecule has 1 unspecified atom stereocenters. The van der Waals surface area contributed by atoms with E-state index in [-0.39, 0.29) is 6.04 Å². The Morgan fingerprint density at radius 2 is 1.60 bits per heavy atom. The van der Waals surface area contributed by atoms with E-state index >= 15 is 0 Å². The second kappa shape index (κ2) is 6.64. The van der Waals surface area contributed by atoms with E-state index in [1.54, 1.807) is 14.2 Å². The second-order valence-electron chi connectivity index (χ2n) is 4.42. The third kappa shape index (κ3) is 3.24. The number of halogens is 1. The summed E-state index contributed by atoms with van der Waals surface area (Å²) < 4.78 is 10.6. The van der Waals surface area contributed by atoms with E-state index in [2.05, 4.69) is 5.32 Å². The minimum absolute atomic E-state index is 0.0256. The zero-order valence-corrected chi connectivity index (χ0v) is 12.6. The Morgan fingerprint density at radius 1 is 0.950 bits per heavy atom. The minimum atomic E-state index is 0.0256. The SMILES string of the molecule is CNC(c1cccc(Cl)c1)c1cc(OC)cc(OC)c1. The van der Waals surface area contributed by atoms with Gasteiger partial charge in [-0.3, -0.25) is 0 Å². The van der Waals surface area contributed by atoms with Gasteiger partial charge in [0.05, 0.1) is 20.3 Å². The van der Waals surface area contributed by atoms with Gasteiger partial charge in [0.1, 0.15) is 11.5 Å². The predicted molar refractivity (Wildman–Crippen MR) is 81.9 cm³/mol. The first kappa shape index (κ1) is 14.7. The lowest BCUT2D eigenvalue weighted by molar-refractivity contribution is 0.392. The van der Waals surface area contributed by atoms with Crippen molar-refractivity contribution in [3.63, 3.8) is 0 Å².